The molecule has 0 aromatic heterocycles. The minimum absolute atomic E-state index is 0.0548. The summed E-state index contributed by atoms with van der Waals surface area (Å²) in [5.74, 6) is 0.230. The second-order valence-corrected chi connectivity index (χ2v) is 34.7. The van der Waals surface area contributed by atoms with Gasteiger partial charge in [-0.05, 0) is 328 Å². The van der Waals surface area contributed by atoms with Crippen LogP contribution in [0.25, 0.3) is 0 Å². The van der Waals surface area contributed by atoms with Gasteiger partial charge in [0.05, 0.1) is 41.1 Å². The number of rotatable bonds is 32. The number of aliphatic hydroxyl groups is 6. The molecule has 0 aliphatic carbocycles. The molecule has 0 bridgehead atoms. The highest BCUT2D eigenvalue weighted by atomic mass is 75.9. The first-order valence-electron chi connectivity index (χ1n) is 37.1. The van der Waals surface area contributed by atoms with Crippen molar-refractivity contribution < 1.29 is 56.2 Å². The Hall–Kier alpha value is -6.28. The standard InChI is InChI=1S/4C11H14BrNO2.3C11H14BrNO.C11H14BrN/c1-7(13)2-5-11(15)9-6-8(14)3-4-10(9)12;1-7(13)2-5-10(14)8-3-4-9(12)11(15)6-8;1-7(13)2-3-11(15)8-4-9(12)6-10(14)5-8;1-7(13)3-2-4-8-5-9(12)6-10(14)11(8)15;1-8(13)2-7-11(14)9-3-5-10(12)6-4-9;1-8(13)5-6-11(14)9-3-2-4-10(12)7-9;1-8(13)6-7-11(14)9-4-2-3-5-10(9)12;1-9(13)5-4-7-10-6-2-3-8-11(10)12/h3-4,6,11,13-15H,2,5H2,1H3;3-4,6,10,13-15H,2,5H2,1H3;4-6,11,13-15H,2-3H2,1H3;5-6,13-15H,2-4H2,1H3;3-6,11,13-14H,2,7H2,1H3;2-4,7,11,13-14H,5-6H2,1H3;2-5,11,13-14H,6-7H2,1H3;2-3,6,8,13H,4-5,7H2,1H3/t11-;10-;11-;;3*11-;/m000.000./s1/i8*12-4. The molecule has 6 atom stereocenters. The number of nitrogens with one attached hydrogen (secondary N) is 8. The smallest absolute Gasteiger partial charge is 0.160 e. The number of aliphatic hydroxyl groups excluding tert-OH is 6. The molecule has 19 N–H and O–H groups in total. The Bertz CT molecular complexity index is 4340. The van der Waals surface area contributed by atoms with Crippen molar-refractivity contribution in [3.63, 3.8) is 0 Å². The molecule has 0 unspecified atom stereocenters. The highest BCUT2D eigenvalue weighted by Gasteiger charge is 2.16. The predicted molar refractivity (Wildman–Crippen MR) is 500 cm³/mol. The molecule has 0 fully saturated rings. The third-order valence-corrected chi connectivity index (χ3v) is 21.4. The third kappa shape index (κ3) is 49.7. The Kier molecular flexibility index (Phi) is 55.1. The van der Waals surface area contributed by atoms with Gasteiger partial charge in [0, 0.05) is 77.0 Å². The van der Waals surface area contributed by atoms with Crippen LogP contribution in [0, 0.1) is 43.3 Å². The number of aromatic hydroxyl groups is 5. The maximum Gasteiger partial charge on any atom is 0.160 e. The van der Waals surface area contributed by atoms with Crippen LogP contribution in [-0.2, 0) is 12.8 Å². The second-order valence-electron chi connectivity index (χ2n) is 27.6. The van der Waals surface area contributed by atoms with E-state index in [0.717, 1.165) is 74.9 Å². The summed E-state index contributed by atoms with van der Waals surface area (Å²) in [7, 11) is 0. The molecule has 0 saturated carbocycles. The van der Waals surface area contributed by atoms with Crippen LogP contribution in [0.15, 0.2) is 200 Å². The number of phenolic OH excluding ortho intramolecular Hbond substituents is 5. The first-order chi connectivity index (χ1) is 54.0. The number of halogens is 8. The number of aryl methyl sites for hydroxylation is 2. The van der Waals surface area contributed by atoms with Crippen molar-refractivity contribution in [3.8, 4) is 28.7 Å². The maximum absolute atomic E-state index is 9.84. The fourth-order valence-corrected chi connectivity index (χ4v) is 13.6. The summed E-state index contributed by atoms with van der Waals surface area (Å²) in [6.07, 6.45) is 8.90. The Morgan fingerprint density at radius 2 is 0.652 bits per heavy atom. The highest BCUT2D eigenvalue weighted by molar-refractivity contribution is 9.11. The Morgan fingerprint density at radius 1 is 0.270 bits per heavy atom. The van der Waals surface area contributed by atoms with E-state index >= 15 is 0 Å². The quantitative estimate of drug-likeness (QED) is 0.0139. The normalized spacial score (nSPS) is 11.9. The second kappa shape index (κ2) is 59.4. The van der Waals surface area contributed by atoms with Crippen LogP contribution in [0.5, 0.6) is 28.7 Å². The summed E-state index contributed by atoms with van der Waals surface area (Å²) in [6, 6.07) is 49.1. The van der Waals surface area contributed by atoms with E-state index in [2.05, 4.69) is 146 Å². The van der Waals surface area contributed by atoms with Gasteiger partial charge in [-0.3, -0.25) is 0 Å². The van der Waals surface area contributed by atoms with E-state index in [9.17, 15) is 56.2 Å². The monoisotopic (exact) mass is 2060 g/mol. The SMILES string of the molecule is CC(=N)CCCc1cc([76Br])cc(O)c1O.CC(=N)CCCc1ccccc1[76Br].CC(=N)CC[C@H](O)c1cc(O)cc([76Br])c1.CC(=N)CC[C@H](O)c1cc(O)ccc1[76Br].CC(=N)CC[C@H](O)c1ccc([76Br])c(O)c1.CC(=N)CC[C@H](O)c1ccc([76Br])cc1.CC(=N)CC[C@H](O)c1cccc([76Br])c1.CC(=N)CC[C@H](O)c1ccccc1[76Br]. The lowest BCUT2D eigenvalue weighted by Gasteiger charge is -2.12. The van der Waals surface area contributed by atoms with Gasteiger partial charge in [-0.15, -0.1) is 0 Å². The lowest BCUT2D eigenvalue weighted by atomic mass is 10.0. The molecule has 8 aromatic carbocycles. The average Bonchev–Trinajstić information content (AvgIpc) is 0.840. The van der Waals surface area contributed by atoms with Crippen LogP contribution >= 0.6 is 127 Å². The van der Waals surface area contributed by atoms with Crippen molar-refractivity contribution in [1.82, 2.24) is 0 Å². The van der Waals surface area contributed by atoms with Gasteiger partial charge in [0.2, 0.25) is 0 Å². The minimum Gasteiger partial charge on any atom is -0.508 e. The van der Waals surface area contributed by atoms with Crippen molar-refractivity contribution in [2.24, 2.45) is 0 Å². The molecule has 8 aromatic rings. The summed E-state index contributed by atoms with van der Waals surface area (Å²) in [5.41, 5.74) is 11.7. The van der Waals surface area contributed by atoms with E-state index in [1.807, 2.05) is 85.8 Å². The summed E-state index contributed by atoms with van der Waals surface area (Å²) in [4.78, 5) is 0. The Labute approximate surface area is 746 Å². The molecule has 0 spiro atoms. The molecule has 27 heteroatoms. The summed E-state index contributed by atoms with van der Waals surface area (Å²) in [5, 5.41) is 164. The van der Waals surface area contributed by atoms with Gasteiger partial charge in [-0.1, -0.05) is 178 Å². The van der Waals surface area contributed by atoms with Crippen LogP contribution in [0.3, 0.4) is 0 Å². The van der Waals surface area contributed by atoms with Gasteiger partial charge in [0.1, 0.15) is 17.2 Å². The van der Waals surface area contributed by atoms with Crippen LogP contribution in [0.1, 0.15) is 239 Å². The predicted octanol–water partition coefficient (Wildman–Crippen LogP) is 26.0. The lowest BCUT2D eigenvalue weighted by molar-refractivity contribution is 0.168. The molecule has 626 valence electrons. The molecule has 0 amide bonds. The highest BCUT2D eigenvalue weighted by Crippen LogP contribution is 2.36. The first-order valence-corrected chi connectivity index (χ1v) is 43.4. The zero-order valence-corrected chi connectivity index (χ0v) is 78.9. The van der Waals surface area contributed by atoms with Crippen molar-refractivity contribution >= 4 is 173 Å². The van der Waals surface area contributed by atoms with Crippen LogP contribution in [0.2, 0.25) is 0 Å². The van der Waals surface area contributed by atoms with Crippen molar-refractivity contribution in [2.75, 3.05) is 0 Å². The van der Waals surface area contributed by atoms with E-state index in [4.69, 9.17) is 43.3 Å². The molecular weight excluding hydrogens is 1950 g/mol. The van der Waals surface area contributed by atoms with E-state index in [0.29, 0.717) is 157 Å². The summed E-state index contributed by atoms with van der Waals surface area (Å²) >= 11 is 26.6. The molecule has 0 radical (unpaired) electrons. The van der Waals surface area contributed by atoms with E-state index in [-0.39, 0.29) is 28.7 Å². The van der Waals surface area contributed by atoms with Gasteiger partial charge < -0.3 is 99.4 Å². The van der Waals surface area contributed by atoms with Crippen LogP contribution < -0.4 is 0 Å². The maximum atomic E-state index is 9.84. The molecule has 115 heavy (non-hydrogen) atoms. The number of hydrogen-bond donors (Lipinski definition) is 19. The van der Waals surface area contributed by atoms with E-state index < -0.39 is 36.6 Å². The number of phenols is 5. The number of hydrogen-bond acceptors (Lipinski definition) is 19. The van der Waals surface area contributed by atoms with E-state index in [1.165, 1.54) is 34.3 Å². The summed E-state index contributed by atoms with van der Waals surface area (Å²) < 4.78 is 6.96. The van der Waals surface area contributed by atoms with Gasteiger partial charge in [-0.2, -0.15) is 0 Å². The zero-order chi connectivity index (χ0) is 87.0. The van der Waals surface area contributed by atoms with Crippen molar-refractivity contribution in [1.29, 1.82) is 43.3 Å². The molecule has 0 aliphatic rings. The van der Waals surface area contributed by atoms with E-state index in [1.54, 1.807) is 90.9 Å². The zero-order valence-electron chi connectivity index (χ0n) is 66.2. The molecule has 0 aliphatic heterocycles. The van der Waals surface area contributed by atoms with Gasteiger partial charge >= 0.3 is 0 Å². The van der Waals surface area contributed by atoms with Crippen molar-refractivity contribution in [2.45, 2.75) is 208 Å². The summed E-state index contributed by atoms with van der Waals surface area (Å²) in [6.45, 7) is 14.0. The molecule has 0 saturated heterocycles. The minimum atomic E-state index is -0.647. The fourth-order valence-electron chi connectivity index (χ4n) is 10.2. The molecule has 19 nitrogen and oxygen atoms in total. The lowest BCUT2D eigenvalue weighted by Crippen LogP contribution is -2.01. The largest absolute Gasteiger partial charge is 0.508 e. The molecule has 8 rings (SSSR count). The van der Waals surface area contributed by atoms with Gasteiger partial charge in [-0.25, -0.2) is 0 Å². The third-order valence-electron chi connectivity index (χ3n) is 16.6. The van der Waals surface area contributed by atoms with Gasteiger partial charge in [0.15, 0.2) is 11.5 Å². The Balaban J connectivity index is 0.000000657. The van der Waals surface area contributed by atoms with Crippen LogP contribution in [0.4, 0.5) is 0 Å². The first kappa shape index (κ1) is 107. The fraction of sp³-hybridized carbons (Fsp3) is 0.364. The number of benzene rings is 8. The van der Waals surface area contributed by atoms with Crippen molar-refractivity contribution in [3.05, 3.63) is 244 Å². The topological polar surface area (TPSA) is 413 Å². The van der Waals surface area contributed by atoms with Crippen LogP contribution in [-0.4, -0.2) is 102 Å². The Morgan fingerprint density at radius 3 is 1.10 bits per heavy atom. The molecule has 0 heterocycles. The molecular formula is C88H112Br8N8O11. The van der Waals surface area contributed by atoms with Gasteiger partial charge in [0.25, 0.3) is 0 Å². The average molecular weight is 2070 g/mol.